The highest BCUT2D eigenvalue weighted by atomic mass is 32.1. The molecule has 4 heteroatoms. The van der Waals surface area contributed by atoms with Crippen molar-refractivity contribution < 1.29 is 9.69 Å². The third-order valence-corrected chi connectivity index (χ3v) is 6.20. The third kappa shape index (κ3) is 3.87. The number of hydrogen-bond acceptors (Lipinski definition) is 2. The van der Waals surface area contributed by atoms with E-state index in [2.05, 4.69) is 49.5 Å². The van der Waals surface area contributed by atoms with Crippen LogP contribution in [0.3, 0.4) is 0 Å². The van der Waals surface area contributed by atoms with Gasteiger partial charge >= 0.3 is 0 Å². The van der Waals surface area contributed by atoms with E-state index in [1.165, 1.54) is 28.0 Å². The zero-order chi connectivity index (χ0) is 16.9. The number of fused-ring (bicyclic) bond motifs is 1. The summed E-state index contributed by atoms with van der Waals surface area (Å²) in [4.78, 5) is 16.3. The molecule has 3 nitrogen and oxygen atoms in total. The van der Waals surface area contributed by atoms with E-state index in [0.717, 1.165) is 37.4 Å². The summed E-state index contributed by atoms with van der Waals surface area (Å²) in [5.74, 6) is 0.0689. The van der Waals surface area contributed by atoms with Crippen molar-refractivity contribution >= 4 is 17.2 Å². The van der Waals surface area contributed by atoms with Gasteiger partial charge in [0.15, 0.2) is 0 Å². The van der Waals surface area contributed by atoms with Crippen molar-refractivity contribution in [1.29, 1.82) is 0 Å². The van der Waals surface area contributed by atoms with Crippen LogP contribution < -0.4 is 10.2 Å². The van der Waals surface area contributed by atoms with Gasteiger partial charge < -0.3 is 10.2 Å². The molecule has 1 aliphatic carbocycles. The Morgan fingerprint density at radius 2 is 1.92 bits per heavy atom. The van der Waals surface area contributed by atoms with E-state index in [4.69, 9.17) is 0 Å². The molecular weight excluding hydrogens is 316 g/mol. The van der Waals surface area contributed by atoms with Gasteiger partial charge in [0, 0.05) is 17.0 Å². The van der Waals surface area contributed by atoms with Crippen LogP contribution >= 0.6 is 11.3 Å². The second-order valence-electron chi connectivity index (χ2n) is 6.50. The van der Waals surface area contributed by atoms with Crippen molar-refractivity contribution in [1.82, 2.24) is 5.32 Å². The van der Waals surface area contributed by atoms with Gasteiger partial charge in [0.25, 0.3) is 5.91 Å². The molecule has 0 bridgehead atoms. The number of hydrogen-bond donors (Lipinski definition) is 2. The Morgan fingerprint density at radius 1 is 1.17 bits per heavy atom. The molecule has 0 radical (unpaired) electrons. The first-order valence-corrected chi connectivity index (χ1v) is 9.83. The predicted molar refractivity (Wildman–Crippen MR) is 99.7 cm³/mol. The summed E-state index contributed by atoms with van der Waals surface area (Å²) >= 11 is 1.67. The second kappa shape index (κ2) is 7.95. The van der Waals surface area contributed by atoms with Gasteiger partial charge in [-0.1, -0.05) is 24.3 Å². The Labute approximate surface area is 148 Å². The summed E-state index contributed by atoms with van der Waals surface area (Å²) in [5, 5.41) is 3.12. The first-order chi connectivity index (χ1) is 11.7. The average Bonchev–Trinajstić information content (AvgIpc) is 3.20. The molecule has 0 spiro atoms. The van der Waals surface area contributed by atoms with E-state index < -0.39 is 0 Å². The highest BCUT2D eigenvalue weighted by Gasteiger charge is 2.18. The van der Waals surface area contributed by atoms with E-state index >= 15 is 0 Å². The molecule has 0 unspecified atom stereocenters. The summed E-state index contributed by atoms with van der Waals surface area (Å²) < 4.78 is 0. The molecule has 0 atom stereocenters. The van der Waals surface area contributed by atoms with Gasteiger partial charge in [-0.05, 0) is 50.3 Å². The van der Waals surface area contributed by atoms with E-state index in [1.807, 2.05) is 0 Å². The van der Waals surface area contributed by atoms with Crippen LogP contribution in [0.25, 0.3) is 0 Å². The molecule has 0 fully saturated rings. The van der Waals surface area contributed by atoms with Crippen LogP contribution in [0.4, 0.5) is 0 Å². The lowest BCUT2D eigenvalue weighted by Gasteiger charge is -2.17. The number of benzene rings is 1. The Hall–Kier alpha value is -1.65. The molecular formula is C20H27N2OS+. The molecule has 1 heterocycles. The second-order valence-corrected chi connectivity index (χ2v) is 7.63. The maximum atomic E-state index is 12.5. The van der Waals surface area contributed by atoms with E-state index in [9.17, 15) is 4.79 Å². The van der Waals surface area contributed by atoms with Crippen LogP contribution in [-0.4, -0.2) is 19.0 Å². The number of thiophene rings is 1. The minimum absolute atomic E-state index is 0.0689. The molecule has 3 rings (SSSR count). The summed E-state index contributed by atoms with van der Waals surface area (Å²) in [7, 11) is 0. The molecule has 0 aliphatic heterocycles. The number of rotatable bonds is 7. The maximum Gasteiger partial charge on any atom is 0.261 e. The van der Waals surface area contributed by atoms with E-state index in [0.29, 0.717) is 6.54 Å². The van der Waals surface area contributed by atoms with Crippen LogP contribution in [0.5, 0.6) is 0 Å². The Morgan fingerprint density at radius 3 is 2.62 bits per heavy atom. The highest BCUT2D eigenvalue weighted by Crippen LogP contribution is 2.30. The number of quaternary nitrogens is 1. The molecule has 2 aromatic rings. The summed E-state index contributed by atoms with van der Waals surface area (Å²) in [6, 6.07) is 10.6. The Balaban J connectivity index is 1.64. The van der Waals surface area contributed by atoms with Gasteiger partial charge in [-0.15, -0.1) is 11.3 Å². The number of carbonyl (C=O) groups excluding carboxylic acids is 1. The topological polar surface area (TPSA) is 33.5 Å². The van der Waals surface area contributed by atoms with Crippen LogP contribution in [0.2, 0.25) is 0 Å². The lowest BCUT2D eigenvalue weighted by molar-refractivity contribution is -0.910. The highest BCUT2D eigenvalue weighted by molar-refractivity contribution is 7.14. The number of nitrogens with one attached hydrogen (secondary N) is 2. The van der Waals surface area contributed by atoms with Gasteiger partial charge in [-0.3, -0.25) is 4.79 Å². The van der Waals surface area contributed by atoms with Gasteiger partial charge in [-0.2, -0.15) is 0 Å². The minimum Gasteiger partial charge on any atom is -0.347 e. The Bertz CT molecular complexity index is 682. The molecule has 0 saturated heterocycles. The number of aryl methyl sites for hydroxylation is 2. The molecule has 0 saturated carbocycles. The fraction of sp³-hybridized carbons (Fsp3) is 0.450. The van der Waals surface area contributed by atoms with Gasteiger partial charge in [0.1, 0.15) is 6.54 Å². The quantitative estimate of drug-likeness (QED) is 0.796. The van der Waals surface area contributed by atoms with Crippen LogP contribution in [0.15, 0.2) is 30.3 Å². The molecule has 24 heavy (non-hydrogen) atoms. The van der Waals surface area contributed by atoms with Crippen molar-refractivity contribution in [2.45, 2.75) is 46.2 Å². The first kappa shape index (κ1) is 17.2. The molecule has 1 amide bonds. The third-order valence-electron chi connectivity index (χ3n) is 4.97. The van der Waals surface area contributed by atoms with E-state index in [-0.39, 0.29) is 5.91 Å². The Kier molecular flexibility index (Phi) is 5.69. The lowest BCUT2D eigenvalue weighted by Crippen LogP contribution is -3.10. The number of carbonyl (C=O) groups is 1. The standard InChI is InChI=1S/C20H26N2OS/c1-3-22(4-2)14-17-9-6-5-8-16(17)13-21-20(23)19-12-15-10-7-11-18(15)24-19/h5-6,8-9,12H,3-4,7,10-11,13-14H2,1-2H3,(H,21,23)/p+1. The molecule has 128 valence electrons. The normalized spacial score (nSPS) is 13.3. The fourth-order valence-electron chi connectivity index (χ4n) is 3.38. The molecule has 1 aliphatic rings. The first-order valence-electron chi connectivity index (χ1n) is 9.01. The maximum absolute atomic E-state index is 12.5. The van der Waals surface area contributed by atoms with Crippen molar-refractivity contribution in [3.05, 3.63) is 56.8 Å². The van der Waals surface area contributed by atoms with Crippen LogP contribution in [0.1, 0.15) is 51.5 Å². The molecule has 2 N–H and O–H groups in total. The SMILES string of the molecule is CC[NH+](CC)Cc1ccccc1CNC(=O)c1cc2c(s1)CCC2. The fourth-order valence-corrected chi connectivity index (χ4v) is 4.55. The molecule has 1 aromatic carbocycles. The van der Waals surface area contributed by atoms with Crippen LogP contribution in [-0.2, 0) is 25.9 Å². The van der Waals surface area contributed by atoms with Crippen molar-refractivity contribution in [3.63, 3.8) is 0 Å². The van der Waals surface area contributed by atoms with Gasteiger partial charge in [0.2, 0.25) is 0 Å². The van der Waals surface area contributed by atoms with Gasteiger partial charge in [0.05, 0.1) is 18.0 Å². The van der Waals surface area contributed by atoms with E-state index in [1.54, 1.807) is 16.2 Å². The zero-order valence-electron chi connectivity index (χ0n) is 14.7. The number of amides is 1. The minimum atomic E-state index is 0.0689. The van der Waals surface area contributed by atoms with Crippen molar-refractivity contribution in [2.75, 3.05) is 13.1 Å². The summed E-state index contributed by atoms with van der Waals surface area (Å²) in [6.07, 6.45) is 3.52. The average molecular weight is 344 g/mol. The van der Waals surface area contributed by atoms with Gasteiger partial charge in [-0.25, -0.2) is 0 Å². The van der Waals surface area contributed by atoms with Crippen molar-refractivity contribution in [2.24, 2.45) is 0 Å². The summed E-state index contributed by atoms with van der Waals surface area (Å²) in [5.41, 5.74) is 3.95. The smallest absolute Gasteiger partial charge is 0.261 e. The zero-order valence-corrected chi connectivity index (χ0v) is 15.5. The predicted octanol–water partition coefficient (Wildman–Crippen LogP) is 2.59. The van der Waals surface area contributed by atoms with Crippen molar-refractivity contribution in [3.8, 4) is 0 Å². The van der Waals surface area contributed by atoms with Crippen LogP contribution in [0, 0.1) is 0 Å². The largest absolute Gasteiger partial charge is 0.347 e. The molecule has 1 aromatic heterocycles. The summed E-state index contributed by atoms with van der Waals surface area (Å²) in [6.45, 7) is 8.32. The monoisotopic (exact) mass is 343 g/mol. The lowest BCUT2D eigenvalue weighted by atomic mass is 10.1.